The van der Waals surface area contributed by atoms with E-state index in [1.807, 2.05) is 6.07 Å². The monoisotopic (exact) mass is 280 g/mol. The highest BCUT2D eigenvalue weighted by atomic mass is 35.5. The van der Waals surface area contributed by atoms with Crippen molar-refractivity contribution in [3.8, 4) is 0 Å². The van der Waals surface area contributed by atoms with Gasteiger partial charge < -0.3 is 9.31 Å². The molecule has 1 fully saturated rings. The van der Waals surface area contributed by atoms with Gasteiger partial charge in [-0.1, -0.05) is 30.2 Å². The maximum atomic E-state index is 6.31. The largest absolute Gasteiger partial charge is 0.495 e. The Morgan fingerprint density at radius 3 is 2.11 bits per heavy atom. The smallest absolute Gasteiger partial charge is 0.399 e. The van der Waals surface area contributed by atoms with Crippen LogP contribution in [0.25, 0.3) is 0 Å². The summed E-state index contributed by atoms with van der Waals surface area (Å²) in [6.45, 7) is 12.4. The van der Waals surface area contributed by atoms with Crippen molar-refractivity contribution in [1.82, 2.24) is 0 Å². The first-order valence-corrected chi connectivity index (χ1v) is 7.20. The zero-order valence-electron chi connectivity index (χ0n) is 12.6. The third-order valence-electron chi connectivity index (χ3n) is 4.32. The van der Waals surface area contributed by atoms with Crippen LogP contribution in [0.3, 0.4) is 0 Å². The number of aryl methyl sites for hydroxylation is 2. The molecule has 0 N–H and O–H groups in total. The van der Waals surface area contributed by atoms with Crippen molar-refractivity contribution in [3.63, 3.8) is 0 Å². The van der Waals surface area contributed by atoms with Crippen molar-refractivity contribution in [2.45, 2.75) is 59.2 Å². The summed E-state index contributed by atoms with van der Waals surface area (Å²) in [6, 6.07) is 4.11. The van der Waals surface area contributed by atoms with E-state index in [1.54, 1.807) is 0 Å². The molecule has 0 spiro atoms. The van der Waals surface area contributed by atoms with Crippen LogP contribution in [0.5, 0.6) is 0 Å². The fourth-order valence-corrected chi connectivity index (χ4v) is 2.56. The molecule has 1 aliphatic heterocycles. The lowest BCUT2D eigenvalue weighted by Crippen LogP contribution is -2.41. The molecule has 0 unspecified atom stereocenters. The summed E-state index contributed by atoms with van der Waals surface area (Å²) in [5.41, 5.74) is 2.72. The number of hydrogen-bond acceptors (Lipinski definition) is 2. The van der Waals surface area contributed by atoms with E-state index in [1.165, 1.54) is 11.1 Å². The molecule has 2 nitrogen and oxygen atoms in total. The average Bonchev–Trinajstić information content (AvgIpc) is 2.50. The molecule has 0 radical (unpaired) electrons. The van der Waals surface area contributed by atoms with Crippen molar-refractivity contribution in [2.75, 3.05) is 0 Å². The second-order valence-corrected chi connectivity index (χ2v) is 6.65. The van der Waals surface area contributed by atoms with E-state index in [0.29, 0.717) is 0 Å². The highest BCUT2D eigenvalue weighted by molar-refractivity contribution is 6.63. The van der Waals surface area contributed by atoms with Crippen LogP contribution < -0.4 is 5.46 Å². The van der Waals surface area contributed by atoms with Gasteiger partial charge in [0.2, 0.25) is 0 Å². The van der Waals surface area contributed by atoms with Crippen LogP contribution in [-0.4, -0.2) is 18.3 Å². The van der Waals surface area contributed by atoms with Crippen molar-refractivity contribution in [2.24, 2.45) is 0 Å². The van der Waals surface area contributed by atoms with Crippen LogP contribution >= 0.6 is 11.6 Å². The Hall–Kier alpha value is -0.505. The molecule has 1 aliphatic rings. The van der Waals surface area contributed by atoms with Gasteiger partial charge in [-0.2, -0.15) is 0 Å². The van der Waals surface area contributed by atoms with E-state index >= 15 is 0 Å². The molecule has 2 rings (SSSR count). The zero-order valence-corrected chi connectivity index (χ0v) is 13.4. The molecule has 0 saturated carbocycles. The number of halogens is 1. The first-order chi connectivity index (χ1) is 8.68. The van der Waals surface area contributed by atoms with Crippen LogP contribution in [0.2, 0.25) is 5.02 Å². The molecule has 1 aromatic carbocycles. The van der Waals surface area contributed by atoms with Crippen LogP contribution in [-0.2, 0) is 15.7 Å². The van der Waals surface area contributed by atoms with Gasteiger partial charge in [0.1, 0.15) is 0 Å². The summed E-state index contributed by atoms with van der Waals surface area (Å²) in [7, 11) is -0.339. The summed E-state index contributed by atoms with van der Waals surface area (Å²) in [4.78, 5) is 0. The standard InChI is InChI=1S/C15H22BClO2/c1-7-11-8-10(2)12(9-13(11)17)16-18-14(3,4)15(5,6)19-16/h8-9H,7H2,1-6H3. The van der Waals surface area contributed by atoms with Crippen molar-refractivity contribution in [1.29, 1.82) is 0 Å². The van der Waals surface area contributed by atoms with Gasteiger partial charge in [-0.15, -0.1) is 0 Å². The molecule has 1 aromatic rings. The molecular formula is C15H22BClO2. The van der Waals surface area contributed by atoms with Crippen molar-refractivity contribution < 1.29 is 9.31 Å². The second kappa shape index (κ2) is 4.80. The van der Waals surface area contributed by atoms with E-state index < -0.39 is 0 Å². The lowest BCUT2D eigenvalue weighted by Gasteiger charge is -2.32. The third kappa shape index (κ3) is 2.56. The Balaban J connectivity index is 2.37. The third-order valence-corrected chi connectivity index (χ3v) is 4.67. The maximum absolute atomic E-state index is 6.31. The molecule has 0 aromatic heterocycles. The van der Waals surface area contributed by atoms with Gasteiger partial charge in [-0.25, -0.2) is 0 Å². The molecular weight excluding hydrogens is 258 g/mol. The van der Waals surface area contributed by atoms with E-state index in [0.717, 1.165) is 16.9 Å². The van der Waals surface area contributed by atoms with Gasteiger partial charge in [0.25, 0.3) is 0 Å². The van der Waals surface area contributed by atoms with Gasteiger partial charge in [-0.05, 0) is 58.1 Å². The Kier molecular flexibility index (Phi) is 3.76. The zero-order chi connectivity index (χ0) is 14.4. The lowest BCUT2D eigenvalue weighted by molar-refractivity contribution is 0.00578. The topological polar surface area (TPSA) is 18.5 Å². The van der Waals surface area contributed by atoms with E-state index in [4.69, 9.17) is 20.9 Å². The molecule has 0 aliphatic carbocycles. The summed E-state index contributed by atoms with van der Waals surface area (Å²) >= 11 is 6.31. The van der Waals surface area contributed by atoms with Gasteiger partial charge in [0.05, 0.1) is 11.2 Å². The Labute approximate surface area is 121 Å². The fourth-order valence-electron chi connectivity index (χ4n) is 2.25. The Bertz CT molecular complexity index is 481. The summed E-state index contributed by atoms with van der Waals surface area (Å²) in [5.74, 6) is 0. The molecule has 0 bridgehead atoms. The predicted octanol–water partition coefficient (Wildman–Crippen LogP) is 3.51. The molecule has 4 heteroatoms. The van der Waals surface area contributed by atoms with Gasteiger partial charge in [0.15, 0.2) is 0 Å². The molecule has 1 saturated heterocycles. The SMILES string of the molecule is CCc1cc(C)c(B2OC(C)(C)C(C)(C)O2)cc1Cl. The summed E-state index contributed by atoms with van der Waals surface area (Å²) in [5, 5.41) is 0.790. The minimum Gasteiger partial charge on any atom is -0.399 e. The quantitative estimate of drug-likeness (QED) is 0.772. The Morgan fingerprint density at radius 2 is 1.63 bits per heavy atom. The predicted molar refractivity (Wildman–Crippen MR) is 81.3 cm³/mol. The second-order valence-electron chi connectivity index (χ2n) is 6.24. The summed E-state index contributed by atoms with van der Waals surface area (Å²) in [6.07, 6.45) is 0.934. The fraction of sp³-hybridized carbons (Fsp3) is 0.600. The van der Waals surface area contributed by atoms with Gasteiger partial charge in [-0.3, -0.25) is 0 Å². The van der Waals surface area contributed by atoms with Crippen molar-refractivity contribution in [3.05, 3.63) is 28.3 Å². The minimum atomic E-state index is -0.339. The van der Waals surface area contributed by atoms with Gasteiger partial charge in [0, 0.05) is 5.02 Å². The molecule has 1 heterocycles. The minimum absolute atomic E-state index is 0.319. The van der Waals surface area contributed by atoms with Crippen LogP contribution in [0.15, 0.2) is 12.1 Å². The highest BCUT2D eigenvalue weighted by Crippen LogP contribution is 2.37. The molecule has 19 heavy (non-hydrogen) atoms. The number of hydrogen-bond donors (Lipinski definition) is 0. The van der Waals surface area contributed by atoms with E-state index in [-0.39, 0.29) is 18.3 Å². The maximum Gasteiger partial charge on any atom is 0.495 e. The Morgan fingerprint density at radius 1 is 1.11 bits per heavy atom. The van der Waals surface area contributed by atoms with Crippen LogP contribution in [0.4, 0.5) is 0 Å². The number of benzene rings is 1. The first kappa shape index (κ1) is 14.9. The highest BCUT2D eigenvalue weighted by Gasteiger charge is 2.52. The lowest BCUT2D eigenvalue weighted by atomic mass is 9.75. The number of rotatable bonds is 2. The van der Waals surface area contributed by atoms with Crippen LogP contribution in [0, 0.1) is 6.92 Å². The van der Waals surface area contributed by atoms with Crippen LogP contribution in [0.1, 0.15) is 45.7 Å². The van der Waals surface area contributed by atoms with Gasteiger partial charge >= 0.3 is 7.12 Å². The molecule has 0 atom stereocenters. The average molecular weight is 281 g/mol. The summed E-state index contributed by atoms with van der Waals surface area (Å²) < 4.78 is 12.2. The molecule has 0 amide bonds. The van der Waals surface area contributed by atoms with E-state index in [9.17, 15) is 0 Å². The molecule has 104 valence electrons. The normalized spacial score (nSPS) is 20.9. The first-order valence-electron chi connectivity index (χ1n) is 6.82. The van der Waals surface area contributed by atoms with Crippen molar-refractivity contribution >= 4 is 24.2 Å². The van der Waals surface area contributed by atoms with E-state index in [2.05, 4.69) is 47.6 Å².